The standard InChI is InChI=1S/C16H16F2N4OS2/c1-10-6-12(15(17)18)21-22(10)8-14(23)20-13(16-19-3-5-25-16)7-11-2-4-24-9-11/h2-6,9,13,15H,7-8H2,1H3,(H,20,23)/t13-/m0/s1. The van der Waals surface area contributed by atoms with Crippen LogP contribution in [-0.4, -0.2) is 20.7 Å². The molecule has 0 saturated heterocycles. The van der Waals surface area contributed by atoms with E-state index in [0.717, 1.165) is 10.6 Å². The second-order valence-corrected chi connectivity index (χ2v) is 7.20. The molecule has 1 amide bonds. The molecule has 9 heteroatoms. The van der Waals surface area contributed by atoms with Crippen molar-refractivity contribution in [1.82, 2.24) is 20.1 Å². The van der Waals surface area contributed by atoms with Gasteiger partial charge in [0.25, 0.3) is 6.43 Å². The Labute approximate surface area is 151 Å². The molecule has 0 unspecified atom stereocenters. The third-order valence-electron chi connectivity index (χ3n) is 3.62. The van der Waals surface area contributed by atoms with E-state index in [1.54, 1.807) is 24.5 Å². The lowest BCUT2D eigenvalue weighted by molar-refractivity contribution is -0.122. The zero-order valence-corrected chi connectivity index (χ0v) is 15.0. The molecule has 0 spiro atoms. The van der Waals surface area contributed by atoms with Crippen LogP contribution in [-0.2, 0) is 17.8 Å². The zero-order valence-electron chi connectivity index (χ0n) is 13.4. The van der Waals surface area contributed by atoms with Crippen LogP contribution in [0.15, 0.2) is 34.5 Å². The molecule has 0 bridgehead atoms. The molecule has 3 rings (SSSR count). The van der Waals surface area contributed by atoms with E-state index < -0.39 is 6.43 Å². The minimum atomic E-state index is -2.65. The van der Waals surface area contributed by atoms with Crippen LogP contribution in [0.3, 0.4) is 0 Å². The highest BCUT2D eigenvalue weighted by molar-refractivity contribution is 7.09. The number of alkyl halides is 2. The Bertz CT molecular complexity index is 815. The number of amides is 1. The molecule has 0 aliphatic heterocycles. The molecule has 3 aromatic heterocycles. The highest BCUT2D eigenvalue weighted by Crippen LogP contribution is 2.22. The van der Waals surface area contributed by atoms with Gasteiger partial charge in [-0.15, -0.1) is 11.3 Å². The third-order valence-corrected chi connectivity index (χ3v) is 5.24. The molecule has 0 aromatic carbocycles. The second-order valence-electron chi connectivity index (χ2n) is 5.50. The van der Waals surface area contributed by atoms with Gasteiger partial charge in [-0.1, -0.05) is 0 Å². The Morgan fingerprint density at radius 1 is 1.40 bits per heavy atom. The van der Waals surface area contributed by atoms with Crippen LogP contribution in [0.25, 0.3) is 0 Å². The van der Waals surface area contributed by atoms with Crippen molar-refractivity contribution in [2.75, 3.05) is 0 Å². The van der Waals surface area contributed by atoms with Crippen molar-refractivity contribution in [1.29, 1.82) is 0 Å². The Morgan fingerprint density at radius 2 is 2.24 bits per heavy atom. The molecule has 0 aliphatic rings. The van der Waals surface area contributed by atoms with Crippen LogP contribution < -0.4 is 5.32 Å². The number of carbonyl (C=O) groups excluding carboxylic acids is 1. The van der Waals surface area contributed by atoms with Gasteiger partial charge in [0.1, 0.15) is 17.2 Å². The summed E-state index contributed by atoms with van der Waals surface area (Å²) >= 11 is 3.06. The summed E-state index contributed by atoms with van der Waals surface area (Å²) in [6.07, 6.45) is -0.327. The maximum atomic E-state index is 12.7. The van der Waals surface area contributed by atoms with Crippen molar-refractivity contribution in [3.8, 4) is 0 Å². The molecule has 0 saturated carbocycles. The summed E-state index contributed by atoms with van der Waals surface area (Å²) in [4.78, 5) is 16.7. The van der Waals surface area contributed by atoms with Gasteiger partial charge in [0.15, 0.2) is 0 Å². The lowest BCUT2D eigenvalue weighted by Crippen LogP contribution is -2.33. The number of aryl methyl sites for hydroxylation is 1. The van der Waals surface area contributed by atoms with Crippen LogP contribution in [0.1, 0.15) is 34.4 Å². The van der Waals surface area contributed by atoms with Crippen LogP contribution in [0.2, 0.25) is 0 Å². The molecular weight excluding hydrogens is 366 g/mol. The van der Waals surface area contributed by atoms with E-state index in [2.05, 4.69) is 15.4 Å². The summed E-state index contributed by atoms with van der Waals surface area (Å²) in [5.41, 5.74) is 1.31. The summed E-state index contributed by atoms with van der Waals surface area (Å²) in [6.45, 7) is 1.54. The van der Waals surface area contributed by atoms with Gasteiger partial charge in [-0.3, -0.25) is 9.48 Å². The van der Waals surface area contributed by atoms with Gasteiger partial charge < -0.3 is 5.32 Å². The molecule has 0 aliphatic carbocycles. The number of aromatic nitrogens is 3. The van der Waals surface area contributed by atoms with Crippen LogP contribution >= 0.6 is 22.7 Å². The molecule has 3 aromatic rings. The number of thiophene rings is 1. The summed E-state index contributed by atoms with van der Waals surface area (Å²) in [7, 11) is 0. The molecular formula is C16H16F2N4OS2. The maximum Gasteiger partial charge on any atom is 0.282 e. The van der Waals surface area contributed by atoms with E-state index in [1.807, 2.05) is 22.2 Å². The first-order chi connectivity index (χ1) is 12.0. The smallest absolute Gasteiger partial charge is 0.282 e. The Morgan fingerprint density at radius 3 is 2.84 bits per heavy atom. The topological polar surface area (TPSA) is 59.8 Å². The molecule has 3 heterocycles. The van der Waals surface area contributed by atoms with Gasteiger partial charge in [0, 0.05) is 23.7 Å². The minimum absolute atomic E-state index is 0.107. The van der Waals surface area contributed by atoms with E-state index in [9.17, 15) is 13.6 Å². The maximum absolute atomic E-state index is 12.7. The van der Waals surface area contributed by atoms with Crippen molar-refractivity contribution in [2.45, 2.75) is 32.4 Å². The Kier molecular flexibility index (Phi) is 5.54. The summed E-state index contributed by atoms with van der Waals surface area (Å²) in [6, 6.07) is 3.04. The van der Waals surface area contributed by atoms with Gasteiger partial charge in [-0.25, -0.2) is 13.8 Å². The van der Waals surface area contributed by atoms with Crippen molar-refractivity contribution < 1.29 is 13.6 Å². The first-order valence-corrected chi connectivity index (χ1v) is 9.37. The van der Waals surface area contributed by atoms with E-state index in [4.69, 9.17) is 0 Å². The van der Waals surface area contributed by atoms with Crippen molar-refractivity contribution in [2.24, 2.45) is 0 Å². The SMILES string of the molecule is Cc1cc(C(F)F)nn1CC(=O)N[C@@H](Cc1ccsc1)c1nccs1. The summed E-state index contributed by atoms with van der Waals surface area (Å²) in [5, 5.41) is 13.4. The lowest BCUT2D eigenvalue weighted by Gasteiger charge is -2.16. The molecule has 0 fully saturated rings. The number of nitrogens with one attached hydrogen (secondary N) is 1. The first kappa shape index (κ1) is 17.7. The fourth-order valence-corrected chi connectivity index (χ4v) is 3.80. The number of hydrogen-bond acceptors (Lipinski definition) is 5. The highest BCUT2D eigenvalue weighted by atomic mass is 32.1. The average molecular weight is 382 g/mol. The van der Waals surface area contributed by atoms with Gasteiger partial charge in [0.2, 0.25) is 5.91 Å². The monoisotopic (exact) mass is 382 g/mol. The Balaban J connectivity index is 1.70. The third kappa shape index (κ3) is 4.49. The largest absolute Gasteiger partial charge is 0.345 e. The average Bonchev–Trinajstić information content (AvgIpc) is 3.29. The second kappa shape index (κ2) is 7.83. The number of rotatable bonds is 7. The number of nitrogens with zero attached hydrogens (tertiary/aromatic N) is 3. The summed E-state index contributed by atoms with van der Waals surface area (Å²) in [5.74, 6) is -0.289. The predicted octanol–water partition coefficient (Wildman–Crippen LogP) is 3.75. The summed E-state index contributed by atoms with van der Waals surface area (Å²) < 4.78 is 26.7. The van der Waals surface area contributed by atoms with Gasteiger partial charge in [-0.05, 0) is 35.4 Å². The van der Waals surface area contributed by atoms with Crippen molar-refractivity contribution in [3.05, 3.63) is 56.4 Å². The van der Waals surface area contributed by atoms with Gasteiger partial charge >= 0.3 is 0 Å². The quantitative estimate of drug-likeness (QED) is 0.677. The number of hydrogen-bond donors (Lipinski definition) is 1. The van der Waals surface area contributed by atoms with Crippen molar-refractivity contribution in [3.63, 3.8) is 0 Å². The molecule has 25 heavy (non-hydrogen) atoms. The fraction of sp³-hybridized carbons (Fsp3) is 0.312. The normalized spacial score (nSPS) is 12.5. The minimum Gasteiger partial charge on any atom is -0.345 e. The molecule has 1 N–H and O–H groups in total. The van der Waals surface area contributed by atoms with E-state index in [0.29, 0.717) is 12.1 Å². The fourth-order valence-electron chi connectivity index (χ4n) is 2.43. The molecule has 0 radical (unpaired) electrons. The van der Waals surface area contributed by atoms with E-state index >= 15 is 0 Å². The predicted molar refractivity (Wildman–Crippen MR) is 92.9 cm³/mol. The number of carbonyl (C=O) groups is 1. The molecule has 5 nitrogen and oxygen atoms in total. The van der Waals surface area contributed by atoms with E-state index in [1.165, 1.54) is 22.1 Å². The van der Waals surface area contributed by atoms with Gasteiger partial charge in [-0.2, -0.15) is 16.4 Å². The Hall–Kier alpha value is -2.13. The van der Waals surface area contributed by atoms with Crippen molar-refractivity contribution >= 4 is 28.6 Å². The van der Waals surface area contributed by atoms with Crippen LogP contribution in [0.5, 0.6) is 0 Å². The lowest BCUT2D eigenvalue weighted by atomic mass is 10.1. The molecule has 132 valence electrons. The van der Waals surface area contributed by atoms with Crippen LogP contribution in [0.4, 0.5) is 8.78 Å². The first-order valence-electron chi connectivity index (χ1n) is 7.55. The molecule has 1 atom stereocenters. The zero-order chi connectivity index (χ0) is 17.8. The highest BCUT2D eigenvalue weighted by Gasteiger charge is 2.20. The van der Waals surface area contributed by atoms with E-state index in [-0.39, 0.29) is 24.2 Å². The van der Waals surface area contributed by atoms with Gasteiger partial charge in [0.05, 0.1) is 6.04 Å². The number of halogens is 2. The van der Waals surface area contributed by atoms with Crippen LogP contribution in [0, 0.1) is 6.92 Å². The number of thiazole rings is 1.